The van der Waals surface area contributed by atoms with Gasteiger partial charge in [0.2, 0.25) is 5.13 Å². The number of anilines is 1. The van der Waals surface area contributed by atoms with E-state index < -0.39 is 0 Å². The lowest BCUT2D eigenvalue weighted by Gasteiger charge is -1.97. The van der Waals surface area contributed by atoms with Crippen LogP contribution in [0.25, 0.3) is 10.2 Å². The maximum Gasteiger partial charge on any atom is 0.204 e. The number of nitrogens with zero attached hydrogens (tertiary/aromatic N) is 2. The molecule has 100 valence electrons. The van der Waals surface area contributed by atoms with Crippen molar-refractivity contribution >= 4 is 32.9 Å². The molecule has 0 aliphatic heterocycles. The van der Waals surface area contributed by atoms with Gasteiger partial charge in [-0.05, 0) is 29.7 Å². The molecule has 3 nitrogen and oxygen atoms in total. The zero-order valence-corrected chi connectivity index (χ0v) is 12.0. The van der Waals surface area contributed by atoms with Crippen molar-refractivity contribution in [3.8, 4) is 0 Å². The molecule has 3 rings (SSSR count). The van der Waals surface area contributed by atoms with Crippen molar-refractivity contribution in [2.24, 2.45) is 5.10 Å². The van der Waals surface area contributed by atoms with Gasteiger partial charge in [0.05, 0.1) is 16.4 Å². The van der Waals surface area contributed by atoms with Crippen LogP contribution in [0.3, 0.4) is 0 Å². The van der Waals surface area contributed by atoms with Crippen LogP contribution in [0.1, 0.15) is 18.1 Å². The highest BCUT2D eigenvalue weighted by Crippen LogP contribution is 2.25. The molecule has 0 bridgehead atoms. The molecule has 1 N–H and O–H groups in total. The number of rotatable bonds is 4. The standard InChI is InChI=1S/C16H15N3S/c1-2-12-7-9-13(10-8-12)11-17-19-16-18-14-5-3-4-6-15(14)20-16/h3-11H,2H2,1H3,(H,18,19)/b17-11+. The van der Waals surface area contributed by atoms with Gasteiger partial charge in [0.15, 0.2) is 0 Å². The molecule has 4 heteroatoms. The fraction of sp³-hybridized carbons (Fsp3) is 0.125. The van der Waals surface area contributed by atoms with Crippen LogP contribution in [0, 0.1) is 0 Å². The van der Waals surface area contributed by atoms with Gasteiger partial charge in [-0.25, -0.2) is 4.98 Å². The van der Waals surface area contributed by atoms with E-state index in [4.69, 9.17) is 0 Å². The second-order valence-corrected chi connectivity index (χ2v) is 5.48. The Morgan fingerprint density at radius 1 is 1.15 bits per heavy atom. The largest absolute Gasteiger partial charge is 0.253 e. The molecule has 0 fully saturated rings. The second-order valence-electron chi connectivity index (χ2n) is 4.45. The van der Waals surface area contributed by atoms with Gasteiger partial charge in [-0.2, -0.15) is 5.10 Å². The van der Waals surface area contributed by atoms with Crippen LogP contribution in [-0.2, 0) is 6.42 Å². The summed E-state index contributed by atoms with van der Waals surface area (Å²) >= 11 is 1.60. The number of benzene rings is 2. The van der Waals surface area contributed by atoms with Crippen molar-refractivity contribution in [2.75, 3.05) is 5.43 Å². The normalized spacial score (nSPS) is 11.2. The Kier molecular flexibility index (Phi) is 3.74. The lowest BCUT2D eigenvalue weighted by atomic mass is 10.1. The third-order valence-electron chi connectivity index (χ3n) is 3.06. The Morgan fingerprint density at radius 2 is 1.95 bits per heavy atom. The maximum atomic E-state index is 4.46. The van der Waals surface area contributed by atoms with E-state index in [9.17, 15) is 0 Å². The van der Waals surface area contributed by atoms with E-state index in [2.05, 4.69) is 52.8 Å². The van der Waals surface area contributed by atoms with Crippen molar-refractivity contribution < 1.29 is 0 Å². The number of hydrogen-bond acceptors (Lipinski definition) is 4. The fourth-order valence-electron chi connectivity index (χ4n) is 1.92. The highest BCUT2D eigenvalue weighted by atomic mass is 32.1. The number of nitrogens with one attached hydrogen (secondary N) is 1. The highest BCUT2D eigenvalue weighted by molar-refractivity contribution is 7.22. The summed E-state index contributed by atoms with van der Waals surface area (Å²) in [5.41, 5.74) is 6.40. The van der Waals surface area contributed by atoms with E-state index in [-0.39, 0.29) is 0 Å². The van der Waals surface area contributed by atoms with Gasteiger partial charge in [0.1, 0.15) is 0 Å². The third-order valence-corrected chi connectivity index (χ3v) is 4.00. The summed E-state index contributed by atoms with van der Waals surface area (Å²) in [5.74, 6) is 0. The second kappa shape index (κ2) is 5.84. The smallest absolute Gasteiger partial charge is 0.204 e. The Balaban J connectivity index is 1.69. The predicted octanol–water partition coefficient (Wildman–Crippen LogP) is 4.30. The van der Waals surface area contributed by atoms with Gasteiger partial charge in [0, 0.05) is 0 Å². The molecular weight excluding hydrogens is 266 g/mol. The van der Waals surface area contributed by atoms with Crippen LogP contribution in [0.15, 0.2) is 53.6 Å². The number of aromatic nitrogens is 1. The van der Waals surface area contributed by atoms with Crippen LogP contribution in [0.4, 0.5) is 5.13 Å². The first kappa shape index (κ1) is 12.8. The third kappa shape index (κ3) is 2.86. The van der Waals surface area contributed by atoms with Crippen molar-refractivity contribution in [3.63, 3.8) is 0 Å². The molecule has 0 unspecified atom stereocenters. The Labute approximate surface area is 122 Å². The van der Waals surface area contributed by atoms with Gasteiger partial charge in [-0.3, -0.25) is 5.43 Å². The van der Waals surface area contributed by atoms with Gasteiger partial charge < -0.3 is 0 Å². The maximum absolute atomic E-state index is 4.46. The molecule has 20 heavy (non-hydrogen) atoms. The molecule has 0 saturated carbocycles. The van der Waals surface area contributed by atoms with Crippen molar-refractivity contribution in [2.45, 2.75) is 13.3 Å². The van der Waals surface area contributed by atoms with Crippen molar-refractivity contribution in [1.29, 1.82) is 0 Å². The molecule has 0 spiro atoms. The fourth-order valence-corrected chi connectivity index (χ4v) is 2.74. The number of para-hydroxylation sites is 1. The van der Waals surface area contributed by atoms with Gasteiger partial charge >= 0.3 is 0 Å². The van der Waals surface area contributed by atoms with E-state index in [1.165, 1.54) is 5.56 Å². The van der Waals surface area contributed by atoms with E-state index in [0.29, 0.717) is 0 Å². The van der Waals surface area contributed by atoms with E-state index in [1.54, 1.807) is 11.3 Å². The first-order chi connectivity index (χ1) is 9.85. The quantitative estimate of drug-likeness (QED) is 0.571. The first-order valence-electron chi connectivity index (χ1n) is 6.59. The molecular formula is C16H15N3S. The Bertz CT molecular complexity index is 696. The number of thiazole rings is 1. The summed E-state index contributed by atoms with van der Waals surface area (Å²) in [4.78, 5) is 4.46. The minimum absolute atomic E-state index is 0.813. The number of fused-ring (bicyclic) bond motifs is 1. The topological polar surface area (TPSA) is 37.3 Å². The van der Waals surface area contributed by atoms with Crippen LogP contribution >= 0.6 is 11.3 Å². The minimum atomic E-state index is 0.813. The SMILES string of the molecule is CCc1ccc(/C=N/Nc2nc3ccccc3s2)cc1. The van der Waals surface area contributed by atoms with E-state index in [1.807, 2.05) is 24.4 Å². The Morgan fingerprint density at radius 3 is 2.70 bits per heavy atom. The molecule has 0 saturated heterocycles. The van der Waals surface area contributed by atoms with Crippen LogP contribution < -0.4 is 5.43 Å². The monoisotopic (exact) mass is 281 g/mol. The molecule has 0 amide bonds. The van der Waals surface area contributed by atoms with Gasteiger partial charge in [-0.1, -0.05) is 54.7 Å². The average molecular weight is 281 g/mol. The summed E-state index contributed by atoms with van der Waals surface area (Å²) in [6.45, 7) is 2.15. The van der Waals surface area contributed by atoms with Crippen LogP contribution in [0.5, 0.6) is 0 Å². The van der Waals surface area contributed by atoms with Gasteiger partial charge in [-0.15, -0.1) is 0 Å². The molecule has 0 aliphatic carbocycles. The van der Waals surface area contributed by atoms with E-state index >= 15 is 0 Å². The molecule has 2 aromatic carbocycles. The van der Waals surface area contributed by atoms with Gasteiger partial charge in [0.25, 0.3) is 0 Å². The lowest BCUT2D eigenvalue weighted by molar-refractivity contribution is 1.14. The summed E-state index contributed by atoms with van der Waals surface area (Å²) in [6, 6.07) is 16.5. The summed E-state index contributed by atoms with van der Waals surface area (Å²) in [5, 5.41) is 5.05. The summed E-state index contributed by atoms with van der Waals surface area (Å²) in [7, 11) is 0. The zero-order chi connectivity index (χ0) is 13.8. The van der Waals surface area contributed by atoms with Crippen molar-refractivity contribution in [3.05, 3.63) is 59.7 Å². The molecule has 1 aromatic heterocycles. The number of hydrazone groups is 1. The first-order valence-corrected chi connectivity index (χ1v) is 7.40. The molecule has 0 radical (unpaired) electrons. The summed E-state index contributed by atoms with van der Waals surface area (Å²) < 4.78 is 1.16. The molecule has 0 atom stereocenters. The average Bonchev–Trinajstić information content (AvgIpc) is 2.90. The summed E-state index contributed by atoms with van der Waals surface area (Å²) in [6.07, 6.45) is 2.87. The lowest BCUT2D eigenvalue weighted by Crippen LogP contribution is -1.90. The highest BCUT2D eigenvalue weighted by Gasteiger charge is 2.00. The number of aryl methyl sites for hydroxylation is 1. The minimum Gasteiger partial charge on any atom is -0.253 e. The Hall–Kier alpha value is -2.20. The molecule has 3 aromatic rings. The zero-order valence-electron chi connectivity index (χ0n) is 11.2. The molecule has 1 heterocycles. The number of hydrogen-bond donors (Lipinski definition) is 1. The predicted molar refractivity (Wildman–Crippen MR) is 86.7 cm³/mol. The molecule has 0 aliphatic rings. The van der Waals surface area contributed by atoms with Crippen LogP contribution in [0.2, 0.25) is 0 Å². The van der Waals surface area contributed by atoms with Crippen LogP contribution in [-0.4, -0.2) is 11.2 Å². The van der Waals surface area contributed by atoms with Crippen molar-refractivity contribution in [1.82, 2.24) is 4.98 Å². The van der Waals surface area contributed by atoms with E-state index in [0.717, 1.165) is 27.3 Å².